The Labute approximate surface area is 176 Å². The lowest BCUT2D eigenvalue weighted by molar-refractivity contribution is -0.384. The van der Waals surface area contributed by atoms with Gasteiger partial charge in [-0.15, -0.1) is 0 Å². The Bertz CT molecular complexity index is 1210. The third kappa shape index (κ3) is 4.56. The van der Waals surface area contributed by atoms with Crippen molar-refractivity contribution in [2.45, 2.75) is 4.90 Å². The van der Waals surface area contributed by atoms with E-state index in [1.807, 2.05) is 0 Å². The lowest BCUT2D eigenvalue weighted by Gasteiger charge is -2.13. The highest BCUT2D eigenvalue weighted by atomic mass is 35.5. The molecular weight excluding hydrogens is 439 g/mol. The Balaban J connectivity index is 2.03. The van der Waals surface area contributed by atoms with E-state index in [1.165, 1.54) is 18.2 Å². The molecule has 148 valence electrons. The van der Waals surface area contributed by atoms with Crippen LogP contribution in [0.1, 0.15) is 15.9 Å². The molecule has 3 rings (SSSR count). The number of carbonyl (C=O) groups excluding carboxylic acids is 1. The average molecular weight is 451 g/mol. The summed E-state index contributed by atoms with van der Waals surface area (Å²) in [5.41, 5.74) is -0.180. The zero-order valence-electron chi connectivity index (χ0n) is 14.5. The number of sulfonamides is 1. The molecule has 0 saturated carbocycles. The second-order valence-electron chi connectivity index (χ2n) is 5.86. The van der Waals surface area contributed by atoms with Gasteiger partial charge in [-0.25, -0.2) is 8.42 Å². The van der Waals surface area contributed by atoms with Crippen LogP contribution in [0.15, 0.2) is 71.6 Å². The van der Waals surface area contributed by atoms with E-state index in [-0.39, 0.29) is 26.2 Å². The molecule has 0 saturated heterocycles. The number of hydrogen-bond acceptors (Lipinski definition) is 5. The molecule has 0 unspecified atom stereocenters. The van der Waals surface area contributed by atoms with Gasteiger partial charge >= 0.3 is 0 Å². The predicted molar refractivity (Wildman–Crippen MR) is 110 cm³/mol. The molecule has 0 aliphatic rings. The predicted octanol–water partition coefficient (Wildman–Crippen LogP) is 4.93. The molecule has 0 heterocycles. The number of benzene rings is 3. The van der Waals surface area contributed by atoms with Crippen LogP contribution in [0.4, 0.5) is 11.4 Å². The van der Waals surface area contributed by atoms with E-state index in [1.54, 1.807) is 30.3 Å². The molecule has 1 N–H and O–H groups in total. The quantitative estimate of drug-likeness (QED) is 0.325. The number of nitrogens with one attached hydrogen (secondary N) is 1. The molecule has 0 atom stereocenters. The maximum absolute atomic E-state index is 12.8. The van der Waals surface area contributed by atoms with Crippen molar-refractivity contribution in [1.29, 1.82) is 0 Å². The van der Waals surface area contributed by atoms with E-state index in [9.17, 15) is 23.3 Å². The number of nitro benzene ring substituents is 1. The number of hydrogen-bond donors (Lipinski definition) is 1. The van der Waals surface area contributed by atoms with Gasteiger partial charge in [-0.05, 0) is 30.3 Å². The van der Waals surface area contributed by atoms with Gasteiger partial charge in [0.1, 0.15) is 5.02 Å². The lowest BCUT2D eigenvalue weighted by Crippen LogP contribution is -2.16. The molecular formula is C19H12Cl2N2O5S. The first-order valence-corrected chi connectivity index (χ1v) is 10.3. The number of rotatable bonds is 6. The molecule has 0 bridgehead atoms. The highest BCUT2D eigenvalue weighted by molar-refractivity contribution is 7.92. The molecule has 0 fully saturated rings. The van der Waals surface area contributed by atoms with Crippen LogP contribution in [-0.4, -0.2) is 19.1 Å². The summed E-state index contributed by atoms with van der Waals surface area (Å²) in [4.78, 5) is 22.7. The minimum absolute atomic E-state index is 0.0131. The molecule has 0 spiro atoms. The van der Waals surface area contributed by atoms with E-state index in [0.29, 0.717) is 5.56 Å². The molecule has 0 amide bonds. The molecule has 29 heavy (non-hydrogen) atoms. The smallest absolute Gasteiger partial charge is 0.289 e. The Morgan fingerprint density at radius 3 is 2.31 bits per heavy atom. The van der Waals surface area contributed by atoms with Crippen LogP contribution in [0.5, 0.6) is 0 Å². The summed E-state index contributed by atoms with van der Waals surface area (Å²) in [6.07, 6.45) is 0. The fraction of sp³-hybridized carbons (Fsp3) is 0. The normalized spacial score (nSPS) is 11.1. The number of halogens is 2. The van der Waals surface area contributed by atoms with Crippen LogP contribution >= 0.6 is 23.2 Å². The molecule has 3 aromatic carbocycles. The Morgan fingerprint density at radius 1 is 0.966 bits per heavy atom. The number of ketones is 1. The van der Waals surface area contributed by atoms with Crippen molar-refractivity contribution in [3.05, 3.63) is 98.0 Å². The third-order valence-corrected chi connectivity index (χ3v) is 5.85. The molecule has 0 aliphatic carbocycles. The largest absolute Gasteiger partial charge is 0.289 e. The number of anilines is 1. The Morgan fingerprint density at radius 2 is 1.66 bits per heavy atom. The summed E-state index contributed by atoms with van der Waals surface area (Å²) in [5.74, 6) is -0.437. The first kappa shape index (κ1) is 20.8. The summed E-state index contributed by atoms with van der Waals surface area (Å²) in [7, 11) is -4.25. The van der Waals surface area contributed by atoms with Crippen LogP contribution in [-0.2, 0) is 10.0 Å². The summed E-state index contributed by atoms with van der Waals surface area (Å²) in [6.45, 7) is 0. The van der Waals surface area contributed by atoms with Gasteiger partial charge in [-0.3, -0.25) is 19.6 Å². The van der Waals surface area contributed by atoms with Crippen molar-refractivity contribution in [3.63, 3.8) is 0 Å². The second kappa shape index (κ2) is 8.20. The number of carbonyl (C=O) groups is 1. The fourth-order valence-corrected chi connectivity index (χ4v) is 4.00. The van der Waals surface area contributed by atoms with Crippen molar-refractivity contribution in [2.75, 3.05) is 4.72 Å². The molecule has 3 aromatic rings. The van der Waals surface area contributed by atoms with Crippen LogP contribution in [0.3, 0.4) is 0 Å². The van der Waals surface area contributed by atoms with E-state index >= 15 is 0 Å². The molecule has 10 heteroatoms. The molecule has 0 aromatic heterocycles. The second-order valence-corrected chi connectivity index (χ2v) is 8.39. The summed E-state index contributed by atoms with van der Waals surface area (Å²) in [6, 6.07) is 15.5. The minimum atomic E-state index is -4.25. The zero-order valence-corrected chi connectivity index (χ0v) is 16.8. The van der Waals surface area contributed by atoms with Crippen molar-refractivity contribution in [1.82, 2.24) is 0 Å². The molecule has 0 radical (unpaired) electrons. The fourth-order valence-electron chi connectivity index (χ4n) is 2.54. The zero-order chi connectivity index (χ0) is 21.2. The van der Waals surface area contributed by atoms with E-state index in [2.05, 4.69) is 4.72 Å². The average Bonchev–Trinajstić information content (AvgIpc) is 2.69. The summed E-state index contributed by atoms with van der Waals surface area (Å²) < 4.78 is 27.8. The SMILES string of the molecule is O=C(c1ccccc1)c1cc(Cl)ccc1NS(=O)(=O)c1ccc(Cl)c([N+](=O)[O-])c1. The number of nitrogens with zero attached hydrogens (tertiary/aromatic N) is 1. The standard InChI is InChI=1S/C19H12Cl2N2O5S/c20-13-6-9-17(15(10-13)19(24)12-4-2-1-3-5-12)22-29(27,28)14-7-8-16(21)18(11-14)23(25)26/h1-11,22H. The topological polar surface area (TPSA) is 106 Å². The van der Waals surface area contributed by atoms with Gasteiger partial charge in [-0.1, -0.05) is 53.5 Å². The minimum Gasteiger partial charge on any atom is -0.289 e. The highest BCUT2D eigenvalue weighted by Gasteiger charge is 2.23. The van der Waals surface area contributed by atoms with E-state index < -0.39 is 26.4 Å². The lowest BCUT2D eigenvalue weighted by atomic mass is 10.0. The van der Waals surface area contributed by atoms with Crippen molar-refractivity contribution < 1.29 is 18.1 Å². The van der Waals surface area contributed by atoms with E-state index in [0.717, 1.165) is 18.2 Å². The van der Waals surface area contributed by atoms with Crippen LogP contribution in [0.2, 0.25) is 10.0 Å². The third-order valence-electron chi connectivity index (χ3n) is 3.93. The van der Waals surface area contributed by atoms with Gasteiger partial charge in [0.2, 0.25) is 0 Å². The van der Waals surface area contributed by atoms with Gasteiger partial charge < -0.3 is 0 Å². The van der Waals surface area contributed by atoms with Crippen LogP contribution < -0.4 is 4.72 Å². The first-order chi connectivity index (χ1) is 13.7. The van der Waals surface area contributed by atoms with Crippen molar-refractivity contribution in [3.8, 4) is 0 Å². The highest BCUT2D eigenvalue weighted by Crippen LogP contribution is 2.30. The summed E-state index contributed by atoms with van der Waals surface area (Å²) in [5, 5.41) is 11.1. The maximum Gasteiger partial charge on any atom is 0.289 e. The van der Waals surface area contributed by atoms with Crippen molar-refractivity contribution >= 4 is 50.4 Å². The Kier molecular flexibility index (Phi) is 5.88. The van der Waals surface area contributed by atoms with E-state index in [4.69, 9.17) is 23.2 Å². The molecule has 0 aliphatic heterocycles. The number of nitro groups is 1. The maximum atomic E-state index is 12.8. The van der Waals surface area contributed by atoms with Gasteiger partial charge in [0.15, 0.2) is 5.78 Å². The van der Waals surface area contributed by atoms with Crippen molar-refractivity contribution in [2.24, 2.45) is 0 Å². The van der Waals surface area contributed by atoms with Gasteiger partial charge in [0.05, 0.1) is 15.5 Å². The van der Waals surface area contributed by atoms with Gasteiger partial charge in [0, 0.05) is 22.2 Å². The first-order valence-electron chi connectivity index (χ1n) is 8.05. The monoisotopic (exact) mass is 450 g/mol. The van der Waals surface area contributed by atoms with Crippen LogP contribution in [0.25, 0.3) is 0 Å². The van der Waals surface area contributed by atoms with Crippen LogP contribution in [0, 0.1) is 10.1 Å². The van der Waals surface area contributed by atoms with Gasteiger partial charge in [0.25, 0.3) is 15.7 Å². The molecule has 7 nitrogen and oxygen atoms in total. The Hall–Kier alpha value is -2.94. The van der Waals surface area contributed by atoms with Gasteiger partial charge in [-0.2, -0.15) is 0 Å². The summed E-state index contributed by atoms with van der Waals surface area (Å²) >= 11 is 11.7.